The number of nitrogens with zero attached hydrogens (tertiary/aromatic N) is 2. The van der Waals surface area contributed by atoms with Gasteiger partial charge >= 0.3 is 18.3 Å². The maximum Gasteiger partial charge on any atom is 0.410 e. The Morgan fingerprint density at radius 2 is 1.97 bits per heavy atom. The molecule has 1 aromatic rings. The van der Waals surface area contributed by atoms with Crippen molar-refractivity contribution >= 4 is 23.8 Å². The summed E-state index contributed by atoms with van der Waals surface area (Å²) in [6.07, 6.45) is 1.12. The molecule has 10 nitrogen and oxygen atoms in total. The Morgan fingerprint density at radius 1 is 1.26 bits per heavy atom. The Morgan fingerprint density at radius 3 is 2.59 bits per heavy atom. The minimum atomic E-state index is -4.59. The maximum atomic E-state index is 13.4. The van der Waals surface area contributed by atoms with E-state index in [0.717, 1.165) is 37.0 Å². The van der Waals surface area contributed by atoms with Crippen LogP contribution in [-0.4, -0.2) is 73.0 Å². The second-order valence-corrected chi connectivity index (χ2v) is 10.3. The fourth-order valence-corrected chi connectivity index (χ4v) is 4.96. The summed E-state index contributed by atoms with van der Waals surface area (Å²) in [5.41, 5.74) is 0.440. The Bertz CT molecular complexity index is 987. The number of alkyl carbamates (subject to hydrolysis) is 1. The molecular weight excluding hydrogens is 519 g/mol. The van der Waals surface area contributed by atoms with Crippen molar-refractivity contribution in [2.24, 2.45) is 11.8 Å². The zero-order valence-electron chi connectivity index (χ0n) is 22.6. The van der Waals surface area contributed by atoms with E-state index in [1.807, 2.05) is 12.2 Å². The van der Waals surface area contributed by atoms with Crippen LogP contribution in [0.2, 0.25) is 0 Å². The van der Waals surface area contributed by atoms with Crippen LogP contribution in [0.15, 0.2) is 18.3 Å². The van der Waals surface area contributed by atoms with E-state index >= 15 is 0 Å². The van der Waals surface area contributed by atoms with Crippen LogP contribution in [0.4, 0.5) is 28.6 Å². The van der Waals surface area contributed by atoms with Crippen LogP contribution in [0.25, 0.3) is 0 Å². The Kier molecular flexibility index (Phi) is 10.8. The highest BCUT2D eigenvalue weighted by Crippen LogP contribution is 2.32. The summed E-state index contributed by atoms with van der Waals surface area (Å²) in [5.74, 6) is 0.126. The topological polar surface area (TPSA) is 122 Å². The molecule has 2 heterocycles. The number of carbonyl (C=O) groups excluding carboxylic acids is 3. The number of rotatable bonds is 11. The van der Waals surface area contributed by atoms with Crippen LogP contribution < -0.4 is 16.0 Å². The average Bonchev–Trinajstić information content (AvgIpc) is 3.28. The molecule has 39 heavy (non-hydrogen) atoms. The number of ether oxygens (including phenoxy) is 2. The van der Waals surface area contributed by atoms with E-state index in [1.165, 1.54) is 19.4 Å². The van der Waals surface area contributed by atoms with Crippen LogP contribution >= 0.6 is 0 Å². The molecule has 0 radical (unpaired) electrons. The quantitative estimate of drug-likeness (QED) is 0.347. The van der Waals surface area contributed by atoms with E-state index in [4.69, 9.17) is 9.47 Å². The molecule has 0 unspecified atom stereocenters. The monoisotopic (exact) mass is 557 g/mol. The summed E-state index contributed by atoms with van der Waals surface area (Å²) in [5, 5.41) is 7.41. The van der Waals surface area contributed by atoms with Crippen molar-refractivity contribution in [1.29, 1.82) is 0 Å². The number of halogens is 3. The van der Waals surface area contributed by atoms with Crippen molar-refractivity contribution in [2.45, 2.75) is 76.7 Å². The summed E-state index contributed by atoms with van der Waals surface area (Å²) in [6, 6.07) is -1.50. The van der Waals surface area contributed by atoms with Gasteiger partial charge < -0.3 is 30.3 Å². The van der Waals surface area contributed by atoms with Crippen LogP contribution in [0.5, 0.6) is 0 Å². The van der Waals surface area contributed by atoms with E-state index in [0.29, 0.717) is 17.9 Å². The first-order valence-corrected chi connectivity index (χ1v) is 13.4. The number of hydrogen-bond donors (Lipinski definition) is 3. The fourth-order valence-electron chi connectivity index (χ4n) is 4.96. The predicted octanol–water partition coefficient (Wildman–Crippen LogP) is 4.38. The second-order valence-electron chi connectivity index (χ2n) is 10.3. The highest BCUT2D eigenvalue weighted by molar-refractivity contribution is 5.96. The average molecular weight is 558 g/mol. The van der Waals surface area contributed by atoms with Crippen molar-refractivity contribution in [3.8, 4) is 0 Å². The van der Waals surface area contributed by atoms with Gasteiger partial charge in [-0.25, -0.2) is 14.6 Å². The lowest BCUT2D eigenvalue weighted by Crippen LogP contribution is -2.49. The van der Waals surface area contributed by atoms with E-state index in [9.17, 15) is 27.6 Å². The normalized spacial score (nSPS) is 23.1. The number of urea groups is 1. The van der Waals surface area contributed by atoms with Gasteiger partial charge in [0.2, 0.25) is 5.91 Å². The van der Waals surface area contributed by atoms with Gasteiger partial charge in [0.05, 0.1) is 25.8 Å². The molecule has 0 spiro atoms. The highest BCUT2D eigenvalue weighted by Gasteiger charge is 2.48. The van der Waals surface area contributed by atoms with Gasteiger partial charge in [0.25, 0.3) is 0 Å². The third-order valence-corrected chi connectivity index (χ3v) is 7.27. The van der Waals surface area contributed by atoms with Crippen LogP contribution in [0, 0.1) is 11.8 Å². The molecule has 3 rings (SSSR count). The van der Waals surface area contributed by atoms with Crippen LogP contribution in [0.3, 0.4) is 0 Å². The van der Waals surface area contributed by atoms with Gasteiger partial charge in [0.15, 0.2) is 0 Å². The van der Waals surface area contributed by atoms with Gasteiger partial charge in [-0.3, -0.25) is 4.79 Å². The van der Waals surface area contributed by atoms with E-state index in [-0.39, 0.29) is 24.9 Å². The highest BCUT2D eigenvalue weighted by atomic mass is 19.4. The van der Waals surface area contributed by atoms with Gasteiger partial charge in [-0.1, -0.05) is 33.1 Å². The van der Waals surface area contributed by atoms with E-state index in [1.54, 1.807) is 6.07 Å². The summed E-state index contributed by atoms with van der Waals surface area (Å²) in [6.45, 7) is 3.74. The standard InChI is InChI=1S/C26H38F3N5O5/c1-4-5-12-39-25(37)33-22(17-8-6-16(2)7-9-17)23(35)32-21-13-18(10-11-30-21)19(15-38-3)34-14-20(26(27,28)29)31-24(34)36/h10-11,13,16-17,19-20,22H,4-9,12,14-15H2,1-3H3,(H,31,36)(H,33,37)(H,30,32,35)/t16?,17?,19-,20-,22-/m0/s1. The molecule has 1 saturated carbocycles. The largest absolute Gasteiger partial charge is 0.450 e. The Balaban J connectivity index is 1.76. The SMILES string of the molecule is CCCCOC(=O)N[C@H](C(=O)Nc1cc([C@H](COC)N2C[C@@H](C(F)(F)F)NC2=O)ccn1)C1CCC(C)CC1. The molecule has 0 bridgehead atoms. The summed E-state index contributed by atoms with van der Waals surface area (Å²) < 4.78 is 50.1. The molecule has 0 aromatic carbocycles. The number of nitrogens with one attached hydrogen (secondary N) is 3. The zero-order chi connectivity index (χ0) is 28.6. The molecule has 13 heteroatoms. The number of anilines is 1. The zero-order valence-corrected chi connectivity index (χ0v) is 22.6. The van der Waals surface area contributed by atoms with Gasteiger partial charge in [-0.2, -0.15) is 13.2 Å². The van der Waals surface area contributed by atoms with E-state index in [2.05, 4.69) is 22.5 Å². The summed E-state index contributed by atoms with van der Waals surface area (Å²) in [4.78, 5) is 43.4. The Labute approximate surface area is 226 Å². The van der Waals surface area contributed by atoms with Crippen molar-refractivity contribution in [1.82, 2.24) is 20.5 Å². The lowest BCUT2D eigenvalue weighted by molar-refractivity contribution is -0.150. The summed E-state index contributed by atoms with van der Waals surface area (Å²) in [7, 11) is 1.38. The summed E-state index contributed by atoms with van der Waals surface area (Å²) >= 11 is 0. The molecular formula is C26H38F3N5O5. The number of hydrogen-bond acceptors (Lipinski definition) is 6. The number of pyridine rings is 1. The van der Waals surface area contributed by atoms with Gasteiger partial charge in [-0.05, 0) is 48.8 Å². The number of methoxy groups -OCH3 is 1. The fraction of sp³-hybridized carbons (Fsp3) is 0.692. The van der Waals surface area contributed by atoms with Crippen molar-refractivity contribution in [3.63, 3.8) is 0 Å². The molecule has 2 fully saturated rings. The first-order chi connectivity index (χ1) is 18.5. The molecule has 3 N–H and O–H groups in total. The number of carbonyl (C=O) groups is 3. The maximum absolute atomic E-state index is 13.4. The molecule has 4 amide bonds. The number of amides is 4. The van der Waals surface area contributed by atoms with Crippen LogP contribution in [-0.2, 0) is 14.3 Å². The minimum Gasteiger partial charge on any atom is -0.450 e. The number of alkyl halides is 3. The molecule has 1 saturated heterocycles. The molecule has 1 aromatic heterocycles. The second kappa shape index (κ2) is 13.8. The van der Waals surface area contributed by atoms with E-state index < -0.39 is 48.9 Å². The van der Waals surface area contributed by atoms with Crippen LogP contribution in [0.1, 0.15) is 64.0 Å². The molecule has 1 aliphatic heterocycles. The molecule has 3 atom stereocenters. The minimum absolute atomic E-state index is 0.0660. The van der Waals surface area contributed by atoms with Gasteiger partial charge in [-0.15, -0.1) is 0 Å². The lowest BCUT2D eigenvalue weighted by Gasteiger charge is -2.32. The first kappa shape index (κ1) is 30.5. The van der Waals surface area contributed by atoms with Crippen molar-refractivity contribution in [3.05, 3.63) is 23.9 Å². The van der Waals surface area contributed by atoms with Gasteiger partial charge in [0, 0.05) is 13.3 Å². The molecule has 1 aliphatic carbocycles. The third kappa shape index (κ3) is 8.45. The smallest absolute Gasteiger partial charge is 0.410 e. The molecule has 218 valence electrons. The number of aromatic nitrogens is 1. The van der Waals surface area contributed by atoms with Crippen molar-refractivity contribution < 1.29 is 37.0 Å². The predicted molar refractivity (Wildman–Crippen MR) is 137 cm³/mol. The first-order valence-electron chi connectivity index (χ1n) is 13.4. The van der Waals surface area contributed by atoms with Crippen molar-refractivity contribution in [2.75, 3.05) is 32.2 Å². The van der Waals surface area contributed by atoms with Gasteiger partial charge in [0.1, 0.15) is 17.9 Å². The number of unbranched alkanes of at least 4 members (excludes halogenated alkanes) is 1. The lowest BCUT2D eigenvalue weighted by atomic mass is 9.79. The third-order valence-electron chi connectivity index (χ3n) is 7.27. The molecule has 2 aliphatic rings. The Hall–Kier alpha value is -3.09.